The first-order valence-corrected chi connectivity index (χ1v) is 11.6. The molecular weight excluding hydrogens is 416 g/mol. The van der Waals surface area contributed by atoms with Gasteiger partial charge in [-0.05, 0) is 49.6 Å². The molecule has 0 saturated carbocycles. The third-order valence-corrected chi connectivity index (χ3v) is 5.90. The Kier molecular flexibility index (Phi) is 6.67. The Balaban J connectivity index is 1.61. The van der Waals surface area contributed by atoms with E-state index < -0.39 is 0 Å². The third kappa shape index (κ3) is 4.72. The van der Waals surface area contributed by atoms with Crippen LogP contribution in [0.2, 0.25) is 0 Å². The van der Waals surface area contributed by atoms with Crippen LogP contribution in [-0.2, 0) is 9.59 Å². The van der Waals surface area contributed by atoms with Crippen molar-refractivity contribution in [3.63, 3.8) is 0 Å². The number of hydrogen-bond donors (Lipinski definition) is 0. The molecule has 0 bridgehead atoms. The first kappa shape index (κ1) is 22.8. The fraction of sp³-hybridized carbons (Fsp3) is 0.423. The van der Waals surface area contributed by atoms with E-state index in [2.05, 4.69) is 28.6 Å². The first-order chi connectivity index (χ1) is 15.9. The van der Waals surface area contributed by atoms with Crippen LogP contribution in [0.1, 0.15) is 33.3 Å². The summed E-state index contributed by atoms with van der Waals surface area (Å²) in [5.41, 5.74) is 1.73. The molecule has 174 valence electrons. The fourth-order valence-corrected chi connectivity index (χ4v) is 4.24. The van der Waals surface area contributed by atoms with Gasteiger partial charge in [-0.2, -0.15) is 0 Å². The second-order valence-electron chi connectivity index (χ2n) is 9.19. The molecule has 1 saturated heterocycles. The highest BCUT2D eigenvalue weighted by Crippen LogP contribution is 2.34. The van der Waals surface area contributed by atoms with Crippen LogP contribution in [0.25, 0.3) is 5.57 Å². The van der Waals surface area contributed by atoms with Gasteiger partial charge in [-0.3, -0.25) is 14.5 Å². The summed E-state index contributed by atoms with van der Waals surface area (Å²) < 4.78 is 5.79. The molecule has 0 aliphatic carbocycles. The van der Waals surface area contributed by atoms with Gasteiger partial charge in [-0.15, -0.1) is 0 Å². The van der Waals surface area contributed by atoms with Gasteiger partial charge in [-0.25, -0.2) is 4.98 Å². The van der Waals surface area contributed by atoms with Crippen molar-refractivity contribution in [1.82, 2.24) is 14.8 Å². The van der Waals surface area contributed by atoms with Crippen molar-refractivity contribution in [2.45, 2.75) is 33.7 Å². The Bertz CT molecular complexity index is 1020. The number of pyridine rings is 1. The molecule has 0 spiro atoms. The topological polar surface area (TPSA) is 66.0 Å². The highest BCUT2D eigenvalue weighted by molar-refractivity contribution is 6.35. The van der Waals surface area contributed by atoms with E-state index in [0.29, 0.717) is 36.9 Å². The number of amides is 2. The number of aromatic nitrogens is 1. The Hall–Kier alpha value is -3.35. The number of imide groups is 1. The van der Waals surface area contributed by atoms with Crippen molar-refractivity contribution >= 4 is 23.2 Å². The highest BCUT2D eigenvalue weighted by atomic mass is 16.5. The number of ether oxygens (including phenoxy) is 1. The zero-order chi connectivity index (χ0) is 23.5. The number of hydrogen-bond acceptors (Lipinski definition) is 6. The molecule has 0 atom stereocenters. The summed E-state index contributed by atoms with van der Waals surface area (Å²) in [7, 11) is 0. The lowest BCUT2D eigenvalue weighted by Gasteiger charge is -2.37. The van der Waals surface area contributed by atoms with Gasteiger partial charge >= 0.3 is 0 Å². The van der Waals surface area contributed by atoms with Crippen LogP contribution in [0.15, 0.2) is 54.4 Å². The van der Waals surface area contributed by atoms with E-state index in [1.165, 1.54) is 4.90 Å². The molecule has 0 N–H and O–H groups in total. The van der Waals surface area contributed by atoms with E-state index in [1.807, 2.05) is 56.3 Å². The van der Waals surface area contributed by atoms with Crippen LogP contribution in [0.4, 0.5) is 5.82 Å². The summed E-state index contributed by atoms with van der Waals surface area (Å²) in [6.45, 7) is 11.3. The molecule has 1 aromatic heterocycles. The average molecular weight is 449 g/mol. The number of nitrogens with zero attached hydrogens (tertiary/aromatic N) is 4. The van der Waals surface area contributed by atoms with Gasteiger partial charge in [0, 0.05) is 38.4 Å². The molecule has 0 radical (unpaired) electrons. The van der Waals surface area contributed by atoms with Crippen molar-refractivity contribution in [2.75, 3.05) is 37.7 Å². The zero-order valence-corrected chi connectivity index (χ0v) is 19.8. The predicted molar refractivity (Wildman–Crippen MR) is 129 cm³/mol. The quantitative estimate of drug-likeness (QED) is 0.605. The minimum atomic E-state index is -0.229. The maximum Gasteiger partial charge on any atom is 0.278 e. The second-order valence-corrected chi connectivity index (χ2v) is 9.19. The van der Waals surface area contributed by atoms with Crippen LogP contribution in [0.5, 0.6) is 5.75 Å². The Morgan fingerprint density at radius 1 is 0.879 bits per heavy atom. The van der Waals surface area contributed by atoms with E-state index in [0.717, 1.165) is 30.2 Å². The summed E-state index contributed by atoms with van der Waals surface area (Å²) >= 11 is 0. The van der Waals surface area contributed by atoms with Crippen LogP contribution in [-0.4, -0.2) is 65.4 Å². The summed E-state index contributed by atoms with van der Waals surface area (Å²) in [6.07, 6.45) is 1.79. The van der Waals surface area contributed by atoms with Gasteiger partial charge in [0.15, 0.2) is 0 Å². The smallest absolute Gasteiger partial charge is 0.278 e. The minimum Gasteiger partial charge on any atom is -0.493 e. The van der Waals surface area contributed by atoms with Crippen LogP contribution in [0.3, 0.4) is 0 Å². The molecule has 0 unspecified atom stereocenters. The molecule has 33 heavy (non-hydrogen) atoms. The van der Waals surface area contributed by atoms with E-state index in [-0.39, 0.29) is 17.9 Å². The highest BCUT2D eigenvalue weighted by Gasteiger charge is 2.43. The van der Waals surface area contributed by atoms with Gasteiger partial charge in [0.25, 0.3) is 11.8 Å². The van der Waals surface area contributed by atoms with Crippen molar-refractivity contribution in [3.8, 4) is 5.75 Å². The largest absolute Gasteiger partial charge is 0.493 e. The summed E-state index contributed by atoms with van der Waals surface area (Å²) in [4.78, 5) is 36.8. The Morgan fingerprint density at radius 3 is 2.12 bits per heavy atom. The molecule has 2 aliphatic heterocycles. The average Bonchev–Trinajstić information content (AvgIpc) is 3.08. The monoisotopic (exact) mass is 448 g/mol. The standard InChI is InChI=1S/C26H32N4O3/c1-18(2)17-33-21-10-8-20(9-11-21)23-24(26(32)30(19(3)4)25(23)31)29-15-13-28(14-16-29)22-7-5-6-12-27-22/h5-12,18-19H,13-17H2,1-4H3. The second kappa shape index (κ2) is 9.65. The van der Waals surface area contributed by atoms with Crippen LogP contribution < -0.4 is 9.64 Å². The fourth-order valence-electron chi connectivity index (χ4n) is 4.24. The Morgan fingerprint density at radius 2 is 1.55 bits per heavy atom. The SMILES string of the molecule is CC(C)COc1ccc(C2=C(N3CCN(c4ccccn4)CC3)C(=O)N(C(C)C)C2=O)cc1. The normalized spacial score (nSPS) is 17.1. The lowest BCUT2D eigenvalue weighted by molar-refractivity contribution is -0.139. The van der Waals surface area contributed by atoms with Gasteiger partial charge in [0.2, 0.25) is 0 Å². The van der Waals surface area contributed by atoms with Crippen molar-refractivity contribution in [1.29, 1.82) is 0 Å². The van der Waals surface area contributed by atoms with Gasteiger partial charge < -0.3 is 14.5 Å². The molecule has 2 aliphatic rings. The third-order valence-electron chi connectivity index (χ3n) is 5.90. The van der Waals surface area contributed by atoms with E-state index in [9.17, 15) is 9.59 Å². The van der Waals surface area contributed by atoms with Gasteiger partial charge in [-0.1, -0.05) is 32.0 Å². The number of anilines is 1. The minimum absolute atomic E-state index is 0.207. The molecule has 2 amide bonds. The van der Waals surface area contributed by atoms with E-state index in [1.54, 1.807) is 6.20 Å². The first-order valence-electron chi connectivity index (χ1n) is 11.6. The van der Waals surface area contributed by atoms with Crippen molar-refractivity contribution in [3.05, 3.63) is 59.9 Å². The van der Waals surface area contributed by atoms with E-state index in [4.69, 9.17) is 4.74 Å². The summed E-state index contributed by atoms with van der Waals surface area (Å²) in [6, 6.07) is 13.2. The maximum absolute atomic E-state index is 13.4. The molecule has 7 heteroatoms. The lowest BCUT2D eigenvalue weighted by atomic mass is 10.0. The zero-order valence-electron chi connectivity index (χ0n) is 19.8. The molecule has 4 rings (SSSR count). The Labute approximate surface area is 195 Å². The maximum atomic E-state index is 13.4. The summed E-state index contributed by atoms with van der Waals surface area (Å²) in [5, 5.41) is 0. The number of benzene rings is 1. The molecule has 2 aromatic rings. The number of rotatable bonds is 7. The number of carbonyl (C=O) groups excluding carboxylic acids is 2. The van der Waals surface area contributed by atoms with Crippen molar-refractivity contribution < 1.29 is 14.3 Å². The van der Waals surface area contributed by atoms with Gasteiger partial charge in [0.1, 0.15) is 17.3 Å². The van der Waals surface area contributed by atoms with Crippen LogP contribution >= 0.6 is 0 Å². The molecular formula is C26H32N4O3. The molecule has 7 nitrogen and oxygen atoms in total. The van der Waals surface area contributed by atoms with Gasteiger partial charge in [0.05, 0.1) is 12.2 Å². The molecule has 3 heterocycles. The molecule has 1 aromatic carbocycles. The summed E-state index contributed by atoms with van der Waals surface area (Å²) in [5.74, 6) is 1.68. The number of piperazine rings is 1. The van der Waals surface area contributed by atoms with E-state index >= 15 is 0 Å². The van der Waals surface area contributed by atoms with Crippen molar-refractivity contribution in [2.24, 2.45) is 5.92 Å². The number of carbonyl (C=O) groups is 2. The lowest BCUT2D eigenvalue weighted by Crippen LogP contribution is -2.48. The molecule has 1 fully saturated rings. The predicted octanol–water partition coefficient (Wildman–Crippen LogP) is 3.43. The van der Waals surface area contributed by atoms with Crippen LogP contribution in [0, 0.1) is 5.92 Å².